The van der Waals surface area contributed by atoms with Crippen LogP contribution in [0.15, 0.2) is 54.4 Å². The molecule has 1 aromatic carbocycles. The molecule has 6 heteroatoms. The summed E-state index contributed by atoms with van der Waals surface area (Å²) in [4.78, 5) is 28.5. The van der Waals surface area contributed by atoms with Gasteiger partial charge >= 0.3 is 11.9 Å². The Morgan fingerprint density at radius 1 is 1.24 bits per heavy atom. The van der Waals surface area contributed by atoms with Gasteiger partial charge in [0.15, 0.2) is 5.82 Å². The third-order valence-corrected chi connectivity index (χ3v) is 3.32. The fourth-order valence-corrected chi connectivity index (χ4v) is 2.28. The number of allylic oxidation sites excluding steroid dienone is 1. The lowest BCUT2D eigenvalue weighted by atomic mass is 10.2. The number of esters is 2. The Labute approximate surface area is 147 Å². The molecule has 0 fully saturated rings. The molecule has 1 aromatic heterocycles. The third-order valence-electron chi connectivity index (χ3n) is 3.32. The first-order valence-electron chi connectivity index (χ1n) is 8.08. The van der Waals surface area contributed by atoms with Gasteiger partial charge in [-0.15, -0.1) is 0 Å². The van der Waals surface area contributed by atoms with Gasteiger partial charge in [0.25, 0.3) is 6.10 Å². The van der Waals surface area contributed by atoms with Crippen molar-refractivity contribution in [2.24, 2.45) is 0 Å². The summed E-state index contributed by atoms with van der Waals surface area (Å²) in [6.45, 7) is 5.94. The number of nitrogens with zero attached hydrogens (tertiary/aromatic N) is 2. The molecule has 0 aliphatic rings. The van der Waals surface area contributed by atoms with Crippen molar-refractivity contribution in [2.75, 3.05) is 6.61 Å². The van der Waals surface area contributed by atoms with Gasteiger partial charge in [0, 0.05) is 25.0 Å². The van der Waals surface area contributed by atoms with E-state index in [0.717, 1.165) is 11.1 Å². The van der Waals surface area contributed by atoms with Gasteiger partial charge in [0.1, 0.15) is 0 Å². The molecule has 6 nitrogen and oxygen atoms in total. The normalized spacial score (nSPS) is 11.5. The molecule has 2 rings (SSSR count). The Morgan fingerprint density at radius 3 is 2.60 bits per heavy atom. The fraction of sp³-hybridized carbons (Fsp3) is 0.316. The standard InChI is InChI=1S/C19H22N2O4/c1-4-24-19(23)17(25-16(22)12-14(2)3)18-20-10-11-21(18)13-15-8-6-5-7-9-15/h5-12,17H,4,13H2,1-3H3. The monoisotopic (exact) mass is 342 g/mol. The number of carbonyl (C=O) groups excluding carboxylic acids is 2. The molecule has 1 unspecified atom stereocenters. The maximum Gasteiger partial charge on any atom is 0.355 e. The molecule has 1 heterocycles. The van der Waals surface area contributed by atoms with Gasteiger partial charge in [0.05, 0.1) is 6.61 Å². The van der Waals surface area contributed by atoms with Crippen LogP contribution < -0.4 is 0 Å². The molecule has 0 saturated carbocycles. The zero-order chi connectivity index (χ0) is 18.2. The van der Waals surface area contributed by atoms with E-state index in [9.17, 15) is 9.59 Å². The number of carbonyl (C=O) groups is 2. The van der Waals surface area contributed by atoms with Crippen molar-refractivity contribution in [2.45, 2.75) is 33.4 Å². The predicted octanol–water partition coefficient (Wildman–Crippen LogP) is 3.05. The average molecular weight is 342 g/mol. The Morgan fingerprint density at radius 2 is 1.96 bits per heavy atom. The molecule has 0 N–H and O–H groups in total. The van der Waals surface area contributed by atoms with Crippen LogP contribution in [0.5, 0.6) is 0 Å². The number of imidazole rings is 1. The molecular weight excluding hydrogens is 320 g/mol. The summed E-state index contributed by atoms with van der Waals surface area (Å²) in [5.74, 6) is -0.913. The lowest BCUT2D eigenvalue weighted by Crippen LogP contribution is -2.25. The second kappa shape index (κ2) is 8.82. The Hall–Kier alpha value is -2.89. The van der Waals surface area contributed by atoms with Crippen LogP contribution in [-0.2, 0) is 25.6 Å². The number of ether oxygens (including phenoxy) is 2. The molecular formula is C19H22N2O4. The lowest BCUT2D eigenvalue weighted by Gasteiger charge is -2.17. The molecule has 25 heavy (non-hydrogen) atoms. The van der Waals surface area contributed by atoms with Crippen LogP contribution in [0.3, 0.4) is 0 Å². The van der Waals surface area contributed by atoms with E-state index in [1.807, 2.05) is 30.3 Å². The van der Waals surface area contributed by atoms with Crippen molar-refractivity contribution in [3.63, 3.8) is 0 Å². The van der Waals surface area contributed by atoms with Crippen LogP contribution in [0, 0.1) is 0 Å². The molecule has 1 atom stereocenters. The summed E-state index contributed by atoms with van der Waals surface area (Å²) >= 11 is 0. The smallest absolute Gasteiger partial charge is 0.355 e. The Balaban J connectivity index is 2.28. The maximum atomic E-state index is 12.3. The van der Waals surface area contributed by atoms with E-state index in [0.29, 0.717) is 12.4 Å². The highest BCUT2D eigenvalue weighted by Gasteiger charge is 2.30. The zero-order valence-electron chi connectivity index (χ0n) is 14.6. The number of hydrogen-bond donors (Lipinski definition) is 0. The van der Waals surface area contributed by atoms with Gasteiger partial charge in [-0.05, 0) is 26.3 Å². The first kappa shape index (κ1) is 18.4. The molecule has 0 bridgehead atoms. The van der Waals surface area contributed by atoms with Crippen LogP contribution in [0.25, 0.3) is 0 Å². The number of benzene rings is 1. The maximum absolute atomic E-state index is 12.3. The lowest BCUT2D eigenvalue weighted by molar-refractivity contribution is -0.166. The van der Waals surface area contributed by atoms with Crippen LogP contribution in [0.2, 0.25) is 0 Å². The van der Waals surface area contributed by atoms with E-state index in [-0.39, 0.29) is 6.61 Å². The largest absolute Gasteiger partial charge is 0.463 e. The Kier molecular flexibility index (Phi) is 6.51. The zero-order valence-corrected chi connectivity index (χ0v) is 14.6. The van der Waals surface area contributed by atoms with E-state index in [1.165, 1.54) is 6.08 Å². The number of hydrogen-bond acceptors (Lipinski definition) is 5. The highest BCUT2D eigenvalue weighted by molar-refractivity contribution is 5.86. The quantitative estimate of drug-likeness (QED) is 0.571. The minimum atomic E-state index is -1.21. The first-order valence-corrected chi connectivity index (χ1v) is 8.08. The van der Waals surface area contributed by atoms with Crippen molar-refractivity contribution < 1.29 is 19.1 Å². The van der Waals surface area contributed by atoms with Crippen molar-refractivity contribution in [3.05, 3.63) is 65.8 Å². The van der Waals surface area contributed by atoms with Gasteiger partial charge in [-0.1, -0.05) is 35.9 Å². The highest BCUT2D eigenvalue weighted by atomic mass is 16.6. The number of rotatable bonds is 7. The minimum Gasteiger partial charge on any atom is -0.463 e. The van der Waals surface area contributed by atoms with E-state index in [4.69, 9.17) is 9.47 Å². The molecule has 0 saturated heterocycles. The summed E-state index contributed by atoms with van der Waals surface area (Å²) in [5, 5.41) is 0. The molecule has 0 aliphatic carbocycles. The molecule has 132 valence electrons. The summed E-state index contributed by atoms with van der Waals surface area (Å²) < 4.78 is 12.1. The second-order valence-corrected chi connectivity index (χ2v) is 5.69. The average Bonchev–Trinajstić information content (AvgIpc) is 3.01. The van der Waals surface area contributed by atoms with Crippen LogP contribution in [0.1, 0.15) is 38.3 Å². The summed E-state index contributed by atoms with van der Waals surface area (Å²) in [6.07, 6.45) is 3.43. The minimum absolute atomic E-state index is 0.189. The molecule has 0 radical (unpaired) electrons. The molecule has 0 spiro atoms. The van der Waals surface area contributed by atoms with E-state index in [1.54, 1.807) is 37.7 Å². The van der Waals surface area contributed by atoms with Crippen molar-refractivity contribution in [3.8, 4) is 0 Å². The van der Waals surface area contributed by atoms with Crippen molar-refractivity contribution >= 4 is 11.9 Å². The fourth-order valence-electron chi connectivity index (χ4n) is 2.28. The molecule has 2 aromatic rings. The van der Waals surface area contributed by atoms with Crippen LogP contribution in [-0.4, -0.2) is 28.1 Å². The van der Waals surface area contributed by atoms with Crippen LogP contribution >= 0.6 is 0 Å². The topological polar surface area (TPSA) is 70.4 Å². The van der Waals surface area contributed by atoms with Gasteiger partial charge < -0.3 is 14.0 Å². The van der Waals surface area contributed by atoms with Crippen molar-refractivity contribution in [1.82, 2.24) is 9.55 Å². The van der Waals surface area contributed by atoms with E-state index >= 15 is 0 Å². The summed E-state index contributed by atoms with van der Waals surface area (Å²) in [6, 6.07) is 9.74. The van der Waals surface area contributed by atoms with Crippen molar-refractivity contribution in [1.29, 1.82) is 0 Å². The van der Waals surface area contributed by atoms with E-state index in [2.05, 4.69) is 4.98 Å². The first-order chi connectivity index (χ1) is 12.0. The predicted molar refractivity (Wildman–Crippen MR) is 92.7 cm³/mol. The Bertz CT molecular complexity index is 746. The van der Waals surface area contributed by atoms with E-state index < -0.39 is 18.0 Å². The third kappa shape index (κ3) is 5.31. The van der Waals surface area contributed by atoms with Gasteiger partial charge in [-0.2, -0.15) is 0 Å². The summed E-state index contributed by atoms with van der Waals surface area (Å²) in [5.41, 5.74) is 1.82. The molecule has 0 amide bonds. The van der Waals surface area contributed by atoms with Gasteiger partial charge in [-0.25, -0.2) is 14.6 Å². The molecule has 0 aliphatic heterocycles. The van der Waals surface area contributed by atoms with Gasteiger partial charge in [0.2, 0.25) is 0 Å². The van der Waals surface area contributed by atoms with Gasteiger partial charge in [-0.3, -0.25) is 0 Å². The van der Waals surface area contributed by atoms with Crippen LogP contribution in [0.4, 0.5) is 0 Å². The SMILES string of the molecule is CCOC(=O)C(OC(=O)C=C(C)C)c1nccn1Cc1ccccc1. The highest BCUT2D eigenvalue weighted by Crippen LogP contribution is 2.20. The summed E-state index contributed by atoms with van der Waals surface area (Å²) in [7, 11) is 0. The number of aromatic nitrogens is 2. The second-order valence-electron chi connectivity index (χ2n) is 5.69.